The van der Waals surface area contributed by atoms with E-state index in [0.29, 0.717) is 65.6 Å². The minimum absolute atomic E-state index is 0.118. The molecule has 0 aliphatic heterocycles. The Bertz CT molecular complexity index is 1320. The van der Waals surface area contributed by atoms with E-state index in [1.165, 1.54) is 0 Å². The standard InChI is InChI=1S/C32H44N4O7/c1-9-43-19-29(37)35-30-26(33-20-32(3,4)38)14-21(2)34-31(30)36(17-22-10-12-24(39-5)15-27(22)41-7)18-23-11-13-25(40-6)16-28(23)42-8/h10-16,38H,9,17-20H2,1-8H3,(H,33,34)(H,35,37). The van der Waals surface area contributed by atoms with Crippen molar-refractivity contribution in [2.45, 2.75) is 46.4 Å². The molecule has 0 saturated heterocycles. The Kier molecular flexibility index (Phi) is 11.8. The second-order valence-corrected chi connectivity index (χ2v) is 10.6. The molecule has 3 N–H and O–H groups in total. The van der Waals surface area contributed by atoms with Gasteiger partial charge in [0.25, 0.3) is 5.91 Å². The number of amides is 1. The van der Waals surface area contributed by atoms with E-state index < -0.39 is 5.60 Å². The Balaban J connectivity index is 2.21. The predicted molar refractivity (Wildman–Crippen MR) is 168 cm³/mol. The number of aryl methyl sites for hydroxylation is 1. The van der Waals surface area contributed by atoms with Crippen LogP contribution in [0.4, 0.5) is 17.2 Å². The molecule has 1 amide bonds. The molecular weight excluding hydrogens is 552 g/mol. The van der Waals surface area contributed by atoms with Gasteiger partial charge in [0.05, 0.1) is 39.7 Å². The molecule has 1 aromatic heterocycles. The molecule has 2 aromatic carbocycles. The van der Waals surface area contributed by atoms with E-state index >= 15 is 0 Å². The summed E-state index contributed by atoms with van der Waals surface area (Å²) in [7, 11) is 6.43. The van der Waals surface area contributed by atoms with E-state index in [9.17, 15) is 9.90 Å². The van der Waals surface area contributed by atoms with Crippen LogP contribution in [0.15, 0.2) is 42.5 Å². The third-order valence-electron chi connectivity index (χ3n) is 6.55. The lowest BCUT2D eigenvalue weighted by molar-refractivity contribution is -0.120. The van der Waals surface area contributed by atoms with Crippen LogP contribution in [0.25, 0.3) is 0 Å². The Morgan fingerprint density at radius 1 is 0.907 bits per heavy atom. The second-order valence-electron chi connectivity index (χ2n) is 10.6. The average molecular weight is 597 g/mol. The first-order valence-corrected chi connectivity index (χ1v) is 14.0. The van der Waals surface area contributed by atoms with Gasteiger partial charge in [0.15, 0.2) is 5.82 Å². The maximum absolute atomic E-state index is 13.0. The summed E-state index contributed by atoms with van der Waals surface area (Å²) in [4.78, 5) is 20.0. The highest BCUT2D eigenvalue weighted by Crippen LogP contribution is 2.37. The first-order valence-electron chi connectivity index (χ1n) is 14.0. The predicted octanol–water partition coefficient (Wildman–Crippen LogP) is 4.79. The summed E-state index contributed by atoms with van der Waals surface area (Å²) in [5.74, 6) is 2.80. The van der Waals surface area contributed by atoms with Crippen LogP contribution in [-0.2, 0) is 22.6 Å². The summed E-state index contributed by atoms with van der Waals surface area (Å²) < 4.78 is 27.6. The van der Waals surface area contributed by atoms with E-state index in [-0.39, 0.29) is 19.1 Å². The molecule has 0 radical (unpaired) electrons. The van der Waals surface area contributed by atoms with Crippen molar-refractivity contribution in [1.29, 1.82) is 0 Å². The SMILES string of the molecule is CCOCC(=O)Nc1c(NCC(C)(C)O)cc(C)nc1N(Cc1ccc(OC)cc1OC)Cc1ccc(OC)cc1OC. The molecule has 3 rings (SSSR count). The van der Waals surface area contributed by atoms with E-state index in [1.54, 1.807) is 42.3 Å². The van der Waals surface area contributed by atoms with Crippen molar-refractivity contribution >= 4 is 23.1 Å². The maximum atomic E-state index is 13.0. The Morgan fingerprint density at radius 2 is 1.47 bits per heavy atom. The molecular formula is C32H44N4O7. The van der Waals surface area contributed by atoms with Crippen LogP contribution in [0.3, 0.4) is 0 Å². The van der Waals surface area contributed by atoms with Gasteiger partial charge < -0.3 is 44.3 Å². The summed E-state index contributed by atoms with van der Waals surface area (Å²) in [5.41, 5.74) is 2.52. The minimum Gasteiger partial charge on any atom is -0.497 e. The number of rotatable bonds is 16. The highest BCUT2D eigenvalue weighted by molar-refractivity contribution is 5.99. The number of nitrogens with zero attached hydrogens (tertiary/aromatic N) is 2. The number of nitrogens with one attached hydrogen (secondary N) is 2. The number of pyridine rings is 1. The first-order chi connectivity index (χ1) is 20.5. The van der Waals surface area contributed by atoms with Gasteiger partial charge in [0, 0.05) is 55.2 Å². The van der Waals surface area contributed by atoms with Gasteiger partial charge in [-0.3, -0.25) is 4.79 Å². The van der Waals surface area contributed by atoms with Crippen molar-refractivity contribution < 1.29 is 33.6 Å². The van der Waals surface area contributed by atoms with Gasteiger partial charge in [-0.2, -0.15) is 0 Å². The van der Waals surface area contributed by atoms with Crippen LogP contribution in [0.5, 0.6) is 23.0 Å². The molecule has 0 atom stereocenters. The lowest BCUT2D eigenvalue weighted by Gasteiger charge is -2.30. The molecule has 43 heavy (non-hydrogen) atoms. The summed E-state index contributed by atoms with van der Waals surface area (Å²) >= 11 is 0. The van der Waals surface area contributed by atoms with Crippen molar-refractivity contribution in [2.75, 3.05) is 63.7 Å². The van der Waals surface area contributed by atoms with Crippen LogP contribution in [0, 0.1) is 6.92 Å². The number of carbonyl (C=O) groups excluding carboxylic acids is 1. The smallest absolute Gasteiger partial charge is 0.250 e. The Hall–Kier alpha value is -4.22. The molecule has 0 aliphatic carbocycles. The van der Waals surface area contributed by atoms with E-state index in [2.05, 4.69) is 10.6 Å². The number of aromatic nitrogens is 1. The third-order valence-corrected chi connectivity index (χ3v) is 6.55. The number of hydrogen-bond acceptors (Lipinski definition) is 10. The fourth-order valence-electron chi connectivity index (χ4n) is 4.41. The van der Waals surface area contributed by atoms with Crippen LogP contribution in [-0.4, -0.2) is 69.8 Å². The van der Waals surface area contributed by atoms with Gasteiger partial charge in [0.2, 0.25) is 0 Å². The normalized spacial score (nSPS) is 11.1. The number of benzene rings is 2. The van der Waals surface area contributed by atoms with E-state index in [1.807, 2.05) is 61.2 Å². The van der Waals surface area contributed by atoms with Gasteiger partial charge in [-0.1, -0.05) is 0 Å². The fraction of sp³-hybridized carbons (Fsp3) is 0.438. The number of methoxy groups -OCH3 is 4. The molecule has 0 saturated carbocycles. The number of hydrogen-bond donors (Lipinski definition) is 3. The molecule has 0 bridgehead atoms. The lowest BCUT2D eigenvalue weighted by atomic mass is 10.1. The highest BCUT2D eigenvalue weighted by atomic mass is 16.5. The van der Waals surface area contributed by atoms with E-state index in [0.717, 1.165) is 11.1 Å². The van der Waals surface area contributed by atoms with Crippen molar-refractivity contribution in [3.8, 4) is 23.0 Å². The molecule has 0 spiro atoms. The monoisotopic (exact) mass is 596 g/mol. The van der Waals surface area contributed by atoms with Crippen LogP contribution in [0.2, 0.25) is 0 Å². The van der Waals surface area contributed by atoms with Crippen LogP contribution >= 0.6 is 0 Å². The van der Waals surface area contributed by atoms with Gasteiger partial charge in [0.1, 0.15) is 35.3 Å². The van der Waals surface area contributed by atoms with Crippen molar-refractivity contribution in [3.05, 3.63) is 59.3 Å². The zero-order valence-electron chi connectivity index (χ0n) is 26.4. The quantitative estimate of drug-likeness (QED) is 0.213. The molecule has 0 aliphatic rings. The average Bonchev–Trinajstić information content (AvgIpc) is 2.99. The van der Waals surface area contributed by atoms with Gasteiger partial charge in [-0.05, 0) is 58.0 Å². The molecule has 0 fully saturated rings. The largest absolute Gasteiger partial charge is 0.497 e. The fourth-order valence-corrected chi connectivity index (χ4v) is 4.41. The first kappa shape index (κ1) is 33.3. The number of carbonyl (C=O) groups is 1. The molecule has 1 heterocycles. The number of anilines is 3. The Labute approximate surface area is 254 Å². The number of aliphatic hydroxyl groups is 1. The van der Waals surface area contributed by atoms with Gasteiger partial charge in [-0.15, -0.1) is 0 Å². The van der Waals surface area contributed by atoms with Gasteiger partial charge >= 0.3 is 0 Å². The maximum Gasteiger partial charge on any atom is 0.250 e. The lowest BCUT2D eigenvalue weighted by Crippen LogP contribution is -2.31. The zero-order valence-corrected chi connectivity index (χ0v) is 26.4. The third kappa shape index (κ3) is 9.39. The molecule has 3 aromatic rings. The molecule has 234 valence electrons. The summed E-state index contributed by atoms with van der Waals surface area (Å²) in [5, 5.41) is 16.8. The van der Waals surface area contributed by atoms with E-state index in [4.69, 9.17) is 28.7 Å². The summed E-state index contributed by atoms with van der Waals surface area (Å²) in [6.07, 6.45) is 0. The molecule has 11 heteroatoms. The minimum atomic E-state index is -1.00. The van der Waals surface area contributed by atoms with Crippen molar-refractivity contribution in [2.24, 2.45) is 0 Å². The summed E-state index contributed by atoms with van der Waals surface area (Å²) in [6, 6.07) is 13.1. The summed E-state index contributed by atoms with van der Waals surface area (Å²) in [6.45, 7) is 8.36. The van der Waals surface area contributed by atoms with Crippen molar-refractivity contribution in [3.63, 3.8) is 0 Å². The van der Waals surface area contributed by atoms with Crippen molar-refractivity contribution in [1.82, 2.24) is 4.98 Å². The van der Waals surface area contributed by atoms with Gasteiger partial charge in [-0.25, -0.2) is 4.98 Å². The number of ether oxygens (including phenoxy) is 5. The molecule has 0 unspecified atom stereocenters. The molecule has 11 nitrogen and oxygen atoms in total. The van der Waals surface area contributed by atoms with Crippen LogP contribution < -0.4 is 34.5 Å². The Morgan fingerprint density at radius 3 is 1.93 bits per heavy atom. The topological polar surface area (TPSA) is 124 Å². The van der Waals surface area contributed by atoms with Crippen LogP contribution in [0.1, 0.15) is 37.6 Å². The second kappa shape index (κ2) is 15.3. The zero-order chi connectivity index (χ0) is 31.6. The highest BCUT2D eigenvalue weighted by Gasteiger charge is 2.24.